The Bertz CT molecular complexity index is 625. The van der Waals surface area contributed by atoms with Gasteiger partial charge in [-0.25, -0.2) is 4.79 Å². The average molecular weight is 310 g/mol. The summed E-state index contributed by atoms with van der Waals surface area (Å²) in [6, 6.07) is 8.49. The van der Waals surface area contributed by atoms with Gasteiger partial charge in [0.25, 0.3) is 0 Å². The average Bonchev–Trinajstić information content (AvgIpc) is 2.89. The predicted octanol–water partition coefficient (Wildman–Crippen LogP) is 3.67. The van der Waals surface area contributed by atoms with Gasteiger partial charge in [0.15, 0.2) is 0 Å². The third-order valence-corrected chi connectivity index (χ3v) is 3.93. The summed E-state index contributed by atoms with van der Waals surface area (Å²) in [7, 11) is 0. The van der Waals surface area contributed by atoms with Crippen LogP contribution in [0.15, 0.2) is 35.7 Å². The van der Waals surface area contributed by atoms with Gasteiger partial charge in [0.1, 0.15) is 5.56 Å². The first-order chi connectivity index (χ1) is 9.58. The van der Waals surface area contributed by atoms with Crippen LogP contribution in [0.25, 0.3) is 0 Å². The Morgan fingerprint density at radius 2 is 2.05 bits per heavy atom. The number of hydrogen-bond acceptors (Lipinski definition) is 3. The van der Waals surface area contributed by atoms with Crippen molar-refractivity contribution in [1.82, 2.24) is 0 Å². The van der Waals surface area contributed by atoms with Crippen LogP contribution in [0, 0.1) is 0 Å². The smallest absolute Gasteiger partial charge is 0.339 e. The van der Waals surface area contributed by atoms with Gasteiger partial charge in [-0.1, -0.05) is 23.7 Å². The Hall–Kier alpha value is -1.85. The number of aromatic carboxylic acids is 1. The van der Waals surface area contributed by atoms with Crippen molar-refractivity contribution in [2.24, 2.45) is 0 Å². The Balaban J connectivity index is 2.04. The topological polar surface area (TPSA) is 66.4 Å². The molecule has 104 valence electrons. The van der Waals surface area contributed by atoms with Crippen molar-refractivity contribution in [2.45, 2.75) is 12.8 Å². The lowest BCUT2D eigenvalue weighted by atomic mass is 10.1. The molecular weight excluding hydrogens is 298 g/mol. The highest BCUT2D eigenvalue weighted by Gasteiger charge is 2.16. The van der Waals surface area contributed by atoms with Crippen LogP contribution in [-0.2, 0) is 11.2 Å². The number of rotatable bonds is 5. The molecule has 0 bridgehead atoms. The monoisotopic (exact) mass is 309 g/mol. The van der Waals surface area contributed by atoms with E-state index in [0.717, 1.165) is 4.88 Å². The molecule has 1 amide bonds. The van der Waals surface area contributed by atoms with Crippen molar-refractivity contribution in [2.75, 3.05) is 5.32 Å². The number of halogens is 1. The quantitative estimate of drug-likeness (QED) is 0.885. The number of carboxylic acids is 1. The van der Waals surface area contributed by atoms with Gasteiger partial charge >= 0.3 is 5.97 Å². The minimum absolute atomic E-state index is 0.0846. The van der Waals surface area contributed by atoms with Crippen molar-refractivity contribution in [1.29, 1.82) is 0 Å². The van der Waals surface area contributed by atoms with Crippen LogP contribution >= 0.6 is 22.9 Å². The molecule has 0 atom stereocenters. The van der Waals surface area contributed by atoms with E-state index in [2.05, 4.69) is 5.32 Å². The summed E-state index contributed by atoms with van der Waals surface area (Å²) in [6.07, 6.45) is 0.929. The van der Waals surface area contributed by atoms with E-state index < -0.39 is 5.97 Å². The van der Waals surface area contributed by atoms with Gasteiger partial charge in [-0.05, 0) is 30.0 Å². The molecule has 1 aromatic heterocycles. The maximum atomic E-state index is 11.9. The second kappa shape index (κ2) is 6.54. The molecule has 0 aliphatic heterocycles. The molecule has 0 fully saturated rings. The number of aryl methyl sites for hydroxylation is 1. The SMILES string of the molecule is O=C(CCc1cccs1)Nc1cccc(Cl)c1C(=O)O. The van der Waals surface area contributed by atoms with Gasteiger partial charge in [-0.3, -0.25) is 4.79 Å². The third-order valence-electron chi connectivity index (χ3n) is 2.68. The molecule has 0 unspecified atom stereocenters. The van der Waals surface area contributed by atoms with Gasteiger partial charge in [-0.2, -0.15) is 0 Å². The number of carbonyl (C=O) groups is 2. The zero-order valence-electron chi connectivity index (χ0n) is 10.4. The molecule has 1 heterocycles. The Morgan fingerprint density at radius 1 is 1.25 bits per heavy atom. The minimum Gasteiger partial charge on any atom is -0.478 e. The van der Waals surface area contributed by atoms with Gasteiger partial charge in [0, 0.05) is 11.3 Å². The largest absolute Gasteiger partial charge is 0.478 e. The summed E-state index contributed by atoms with van der Waals surface area (Å²) in [5.74, 6) is -1.40. The standard InChI is InChI=1S/C14H12ClNO3S/c15-10-4-1-5-11(13(10)14(18)19)16-12(17)7-6-9-3-2-8-20-9/h1-5,8H,6-7H2,(H,16,17)(H,18,19). The first kappa shape index (κ1) is 14.6. The van der Waals surface area contributed by atoms with E-state index in [-0.39, 0.29) is 22.2 Å². The highest BCUT2D eigenvalue weighted by atomic mass is 35.5. The lowest BCUT2D eigenvalue weighted by Gasteiger charge is -2.09. The minimum atomic E-state index is -1.16. The van der Waals surface area contributed by atoms with Crippen LogP contribution in [0.2, 0.25) is 5.02 Å². The summed E-state index contributed by atoms with van der Waals surface area (Å²) in [4.78, 5) is 24.1. The maximum absolute atomic E-state index is 11.9. The van der Waals surface area contributed by atoms with Crippen LogP contribution in [0.4, 0.5) is 5.69 Å². The molecule has 6 heteroatoms. The second-order valence-corrected chi connectivity index (χ2v) is 5.53. The third kappa shape index (κ3) is 3.59. The molecule has 4 nitrogen and oxygen atoms in total. The van der Waals surface area contributed by atoms with Gasteiger partial charge in [0.2, 0.25) is 5.91 Å². The number of thiophene rings is 1. The molecule has 0 aliphatic carbocycles. The zero-order valence-corrected chi connectivity index (χ0v) is 12.0. The fourth-order valence-corrected chi connectivity index (χ4v) is 2.71. The van der Waals surface area contributed by atoms with Crippen molar-refractivity contribution in [3.8, 4) is 0 Å². The summed E-state index contributed by atoms with van der Waals surface area (Å²) in [6.45, 7) is 0. The number of anilines is 1. The molecule has 0 aliphatic rings. The predicted molar refractivity (Wildman–Crippen MR) is 79.7 cm³/mol. The summed E-state index contributed by atoms with van der Waals surface area (Å²) >= 11 is 7.42. The van der Waals surface area contributed by atoms with Crippen LogP contribution < -0.4 is 5.32 Å². The number of nitrogens with one attached hydrogen (secondary N) is 1. The molecule has 0 saturated carbocycles. The van der Waals surface area contributed by atoms with Gasteiger partial charge in [-0.15, -0.1) is 11.3 Å². The molecule has 2 N–H and O–H groups in total. The number of hydrogen-bond donors (Lipinski definition) is 2. The molecule has 2 rings (SSSR count). The molecule has 2 aromatic rings. The highest BCUT2D eigenvalue weighted by Crippen LogP contribution is 2.24. The maximum Gasteiger partial charge on any atom is 0.339 e. The van der Waals surface area contributed by atoms with Crippen molar-refractivity contribution in [3.05, 3.63) is 51.2 Å². The van der Waals surface area contributed by atoms with Crippen molar-refractivity contribution < 1.29 is 14.7 Å². The molecule has 20 heavy (non-hydrogen) atoms. The van der Waals surface area contributed by atoms with Gasteiger partial charge < -0.3 is 10.4 Å². The van der Waals surface area contributed by atoms with E-state index in [9.17, 15) is 9.59 Å². The van der Waals surface area contributed by atoms with E-state index in [1.165, 1.54) is 12.1 Å². The summed E-state index contributed by atoms with van der Waals surface area (Å²) in [5, 5.41) is 13.8. The lowest BCUT2D eigenvalue weighted by Crippen LogP contribution is -2.15. The lowest BCUT2D eigenvalue weighted by molar-refractivity contribution is -0.116. The van der Waals surface area contributed by atoms with Crippen molar-refractivity contribution >= 4 is 40.5 Å². The normalized spacial score (nSPS) is 10.2. The molecular formula is C14H12ClNO3S. The number of benzene rings is 1. The fraction of sp³-hybridized carbons (Fsp3) is 0.143. The number of carboxylic acid groups (broad SMARTS) is 1. The van der Waals surface area contributed by atoms with Crippen LogP contribution in [0.3, 0.4) is 0 Å². The molecule has 0 saturated heterocycles. The number of carbonyl (C=O) groups excluding carboxylic acids is 1. The second-order valence-electron chi connectivity index (χ2n) is 4.10. The Kier molecular flexibility index (Phi) is 4.76. The van der Waals surface area contributed by atoms with Crippen LogP contribution in [0.5, 0.6) is 0 Å². The summed E-state index contributed by atoms with van der Waals surface area (Å²) < 4.78 is 0. The zero-order chi connectivity index (χ0) is 14.5. The van der Waals surface area contributed by atoms with Crippen LogP contribution in [-0.4, -0.2) is 17.0 Å². The first-order valence-electron chi connectivity index (χ1n) is 5.92. The van der Waals surface area contributed by atoms with Gasteiger partial charge in [0.05, 0.1) is 10.7 Å². The Labute approximate surface area is 125 Å². The van der Waals surface area contributed by atoms with E-state index in [0.29, 0.717) is 12.8 Å². The van der Waals surface area contributed by atoms with E-state index >= 15 is 0 Å². The highest BCUT2D eigenvalue weighted by molar-refractivity contribution is 7.09. The van der Waals surface area contributed by atoms with E-state index in [4.69, 9.17) is 16.7 Å². The van der Waals surface area contributed by atoms with E-state index in [1.807, 2.05) is 17.5 Å². The fourth-order valence-electron chi connectivity index (χ4n) is 1.75. The first-order valence-corrected chi connectivity index (χ1v) is 7.17. The Morgan fingerprint density at radius 3 is 2.70 bits per heavy atom. The number of amides is 1. The summed E-state index contributed by atoms with van der Waals surface area (Å²) in [5.41, 5.74) is 0.139. The molecule has 1 aromatic carbocycles. The molecule has 0 radical (unpaired) electrons. The molecule has 0 spiro atoms. The van der Waals surface area contributed by atoms with Crippen LogP contribution in [0.1, 0.15) is 21.7 Å². The van der Waals surface area contributed by atoms with E-state index in [1.54, 1.807) is 17.4 Å². The van der Waals surface area contributed by atoms with Crippen molar-refractivity contribution in [3.63, 3.8) is 0 Å².